The molecule has 0 bridgehead atoms. The first-order valence-corrected chi connectivity index (χ1v) is 4.48. The Morgan fingerprint density at radius 3 is 2.87 bits per heavy atom. The van der Waals surface area contributed by atoms with Gasteiger partial charge in [0.15, 0.2) is 0 Å². The molecule has 78 valence electrons. The Kier molecular flexibility index (Phi) is 2.07. The second kappa shape index (κ2) is 3.27. The summed E-state index contributed by atoms with van der Waals surface area (Å²) >= 11 is 0. The molecule has 0 saturated carbocycles. The lowest BCUT2D eigenvalue weighted by atomic mass is 10.1. The van der Waals surface area contributed by atoms with Gasteiger partial charge in [-0.2, -0.15) is 0 Å². The summed E-state index contributed by atoms with van der Waals surface area (Å²) in [6.07, 6.45) is 0. The Balaban J connectivity index is 2.33. The predicted octanol–water partition coefficient (Wildman–Crippen LogP) is -0.167. The van der Waals surface area contributed by atoms with E-state index in [0.717, 1.165) is 0 Å². The van der Waals surface area contributed by atoms with Crippen LogP contribution in [0, 0.1) is 0 Å². The van der Waals surface area contributed by atoms with Crippen LogP contribution in [0.25, 0.3) is 0 Å². The van der Waals surface area contributed by atoms with Crippen molar-refractivity contribution in [2.75, 3.05) is 6.54 Å². The number of nitrogens with zero attached hydrogens (tertiary/aromatic N) is 1. The molecule has 0 saturated heterocycles. The van der Waals surface area contributed by atoms with Gasteiger partial charge in [0, 0.05) is 11.1 Å². The predicted molar refractivity (Wildman–Crippen MR) is 52.0 cm³/mol. The molecule has 0 unspecified atom stereocenters. The van der Waals surface area contributed by atoms with Crippen LogP contribution >= 0.6 is 0 Å². The van der Waals surface area contributed by atoms with Crippen molar-refractivity contribution in [2.24, 2.45) is 5.73 Å². The van der Waals surface area contributed by atoms with E-state index in [4.69, 9.17) is 5.73 Å². The molecule has 0 aliphatic carbocycles. The average molecular weight is 206 g/mol. The highest BCUT2D eigenvalue weighted by Crippen LogP contribution is 2.29. The summed E-state index contributed by atoms with van der Waals surface area (Å²) in [5, 5.41) is 9.51. The van der Waals surface area contributed by atoms with Crippen LogP contribution in [0.3, 0.4) is 0 Å². The highest BCUT2D eigenvalue weighted by Gasteiger charge is 2.29. The van der Waals surface area contributed by atoms with E-state index in [-0.39, 0.29) is 24.7 Å². The summed E-state index contributed by atoms with van der Waals surface area (Å²) in [7, 11) is 0. The lowest BCUT2D eigenvalue weighted by Crippen LogP contribution is -2.33. The zero-order valence-electron chi connectivity index (χ0n) is 7.93. The van der Waals surface area contributed by atoms with Gasteiger partial charge in [0.25, 0.3) is 5.91 Å². The van der Waals surface area contributed by atoms with Gasteiger partial charge in [-0.1, -0.05) is 6.07 Å². The molecule has 1 aromatic carbocycles. The summed E-state index contributed by atoms with van der Waals surface area (Å²) < 4.78 is 0. The lowest BCUT2D eigenvalue weighted by Gasteiger charge is -2.12. The minimum atomic E-state index is -0.560. The van der Waals surface area contributed by atoms with Crippen molar-refractivity contribution >= 4 is 11.8 Å². The Morgan fingerprint density at radius 2 is 2.27 bits per heavy atom. The molecular weight excluding hydrogens is 196 g/mol. The molecule has 0 spiro atoms. The summed E-state index contributed by atoms with van der Waals surface area (Å²) in [6, 6.07) is 4.73. The van der Waals surface area contributed by atoms with E-state index in [0.29, 0.717) is 11.1 Å². The van der Waals surface area contributed by atoms with Crippen LogP contribution in [0.15, 0.2) is 18.2 Å². The quantitative estimate of drug-likeness (QED) is 0.704. The normalized spacial score (nSPS) is 14.1. The fraction of sp³-hybridized carbons (Fsp3) is 0.200. The van der Waals surface area contributed by atoms with Gasteiger partial charge in [0.1, 0.15) is 5.75 Å². The first-order chi connectivity index (χ1) is 7.09. The van der Waals surface area contributed by atoms with Crippen molar-refractivity contribution in [2.45, 2.75) is 6.54 Å². The third-order valence-electron chi connectivity index (χ3n) is 2.36. The molecule has 2 rings (SSSR count). The topological polar surface area (TPSA) is 83.6 Å². The largest absolute Gasteiger partial charge is 0.508 e. The minimum absolute atomic E-state index is 0.0767. The molecular formula is C10H10N2O3. The van der Waals surface area contributed by atoms with Crippen molar-refractivity contribution in [3.05, 3.63) is 29.3 Å². The standard InChI is InChI=1S/C10H10N2O3/c11-9(14)5-12-4-7-6(10(12)15)2-1-3-8(7)13/h1-3,13H,4-5H2,(H2,11,14). The van der Waals surface area contributed by atoms with Crippen molar-refractivity contribution in [1.82, 2.24) is 4.90 Å². The van der Waals surface area contributed by atoms with E-state index >= 15 is 0 Å². The number of carbonyl (C=O) groups excluding carboxylic acids is 2. The molecule has 0 radical (unpaired) electrons. The molecule has 5 heteroatoms. The molecule has 1 aliphatic heterocycles. The maximum absolute atomic E-state index is 11.7. The molecule has 1 aromatic rings. The van der Waals surface area contributed by atoms with E-state index in [9.17, 15) is 14.7 Å². The van der Waals surface area contributed by atoms with Crippen molar-refractivity contribution in [3.8, 4) is 5.75 Å². The van der Waals surface area contributed by atoms with Crippen LogP contribution in [0.1, 0.15) is 15.9 Å². The van der Waals surface area contributed by atoms with Gasteiger partial charge in [-0.05, 0) is 12.1 Å². The third kappa shape index (κ3) is 1.52. The number of benzene rings is 1. The maximum Gasteiger partial charge on any atom is 0.255 e. The van der Waals surface area contributed by atoms with E-state index in [1.165, 1.54) is 11.0 Å². The maximum atomic E-state index is 11.7. The Labute approximate surface area is 86.1 Å². The van der Waals surface area contributed by atoms with E-state index in [1.54, 1.807) is 12.1 Å². The SMILES string of the molecule is NC(=O)CN1Cc2c(O)cccc2C1=O. The summed E-state index contributed by atoms with van der Waals surface area (Å²) in [5.74, 6) is -0.747. The van der Waals surface area contributed by atoms with Crippen molar-refractivity contribution in [3.63, 3.8) is 0 Å². The Bertz CT molecular complexity index is 442. The molecule has 3 N–H and O–H groups in total. The lowest BCUT2D eigenvalue weighted by molar-refractivity contribution is -0.118. The fourth-order valence-corrected chi connectivity index (χ4v) is 1.69. The zero-order valence-corrected chi connectivity index (χ0v) is 7.93. The number of aromatic hydroxyl groups is 1. The number of nitrogens with two attached hydrogens (primary N) is 1. The summed E-state index contributed by atoms with van der Waals surface area (Å²) in [6.45, 7) is 0.122. The Morgan fingerprint density at radius 1 is 1.53 bits per heavy atom. The number of phenolic OH excluding ortho intramolecular Hbond substituents is 1. The smallest absolute Gasteiger partial charge is 0.255 e. The van der Waals surface area contributed by atoms with Crippen molar-refractivity contribution in [1.29, 1.82) is 0 Å². The third-order valence-corrected chi connectivity index (χ3v) is 2.36. The second-order valence-electron chi connectivity index (χ2n) is 3.43. The second-order valence-corrected chi connectivity index (χ2v) is 3.43. The van der Waals surface area contributed by atoms with Gasteiger partial charge < -0.3 is 15.7 Å². The minimum Gasteiger partial charge on any atom is -0.508 e. The van der Waals surface area contributed by atoms with Crippen LogP contribution in [-0.2, 0) is 11.3 Å². The first-order valence-electron chi connectivity index (χ1n) is 4.48. The zero-order chi connectivity index (χ0) is 11.0. The van der Waals surface area contributed by atoms with Gasteiger partial charge in [-0.3, -0.25) is 9.59 Å². The van der Waals surface area contributed by atoms with Gasteiger partial charge in [-0.15, -0.1) is 0 Å². The van der Waals surface area contributed by atoms with Crippen LogP contribution in [0.4, 0.5) is 0 Å². The molecule has 2 amide bonds. The highest BCUT2D eigenvalue weighted by molar-refractivity contribution is 6.00. The van der Waals surface area contributed by atoms with Gasteiger partial charge in [0.05, 0.1) is 13.1 Å². The number of hydrogen-bond donors (Lipinski definition) is 2. The molecule has 1 aliphatic rings. The van der Waals surface area contributed by atoms with E-state index in [2.05, 4.69) is 0 Å². The number of amides is 2. The van der Waals surface area contributed by atoms with Gasteiger partial charge in [0.2, 0.25) is 5.91 Å². The summed E-state index contributed by atoms with van der Waals surface area (Å²) in [4.78, 5) is 23.7. The summed E-state index contributed by atoms with van der Waals surface area (Å²) in [5.41, 5.74) is 6.01. The molecule has 1 heterocycles. The fourth-order valence-electron chi connectivity index (χ4n) is 1.69. The molecule has 5 nitrogen and oxygen atoms in total. The van der Waals surface area contributed by atoms with Crippen LogP contribution in [0.2, 0.25) is 0 Å². The van der Waals surface area contributed by atoms with Crippen LogP contribution < -0.4 is 5.73 Å². The number of carbonyl (C=O) groups is 2. The molecule has 0 atom stereocenters. The molecule has 0 fully saturated rings. The van der Waals surface area contributed by atoms with Crippen LogP contribution in [0.5, 0.6) is 5.75 Å². The number of rotatable bonds is 2. The number of hydrogen-bond acceptors (Lipinski definition) is 3. The van der Waals surface area contributed by atoms with E-state index in [1.807, 2.05) is 0 Å². The Hall–Kier alpha value is -2.04. The number of phenols is 1. The molecule has 0 aromatic heterocycles. The molecule has 15 heavy (non-hydrogen) atoms. The highest BCUT2D eigenvalue weighted by atomic mass is 16.3. The monoisotopic (exact) mass is 206 g/mol. The average Bonchev–Trinajstić information content (AvgIpc) is 2.46. The van der Waals surface area contributed by atoms with Gasteiger partial charge >= 0.3 is 0 Å². The van der Waals surface area contributed by atoms with Gasteiger partial charge in [-0.25, -0.2) is 0 Å². The van der Waals surface area contributed by atoms with E-state index < -0.39 is 5.91 Å². The number of fused-ring (bicyclic) bond motifs is 1. The first kappa shape index (κ1) is 9.51. The van der Waals surface area contributed by atoms with Crippen LogP contribution in [-0.4, -0.2) is 28.4 Å². The van der Waals surface area contributed by atoms with Crippen molar-refractivity contribution < 1.29 is 14.7 Å². The number of primary amides is 1.